The van der Waals surface area contributed by atoms with E-state index < -0.39 is 0 Å². The van der Waals surface area contributed by atoms with E-state index in [1.165, 1.54) is 6.42 Å². The van der Waals surface area contributed by atoms with Crippen LogP contribution in [0.1, 0.15) is 41.7 Å². The van der Waals surface area contributed by atoms with Gasteiger partial charge in [0, 0.05) is 25.0 Å². The monoisotopic (exact) mass is 352 g/mol. The Morgan fingerprint density at radius 1 is 1.08 bits per heavy atom. The van der Waals surface area contributed by atoms with Crippen LogP contribution in [0.5, 0.6) is 11.5 Å². The molecule has 2 aliphatic heterocycles. The third-order valence-corrected chi connectivity index (χ3v) is 5.00. The summed E-state index contributed by atoms with van der Waals surface area (Å²) < 4.78 is 11.7. The predicted octanol–water partition coefficient (Wildman–Crippen LogP) is 3.48. The van der Waals surface area contributed by atoms with Gasteiger partial charge >= 0.3 is 0 Å². The Kier molecular flexibility index (Phi) is 5.04. The summed E-state index contributed by atoms with van der Waals surface area (Å²) in [6.45, 7) is 2.28. The Labute approximate surface area is 153 Å². The van der Waals surface area contributed by atoms with Crippen LogP contribution in [-0.4, -0.2) is 41.6 Å². The molecule has 5 nitrogen and oxygen atoms in total. The Morgan fingerprint density at radius 3 is 2.65 bits per heavy atom. The summed E-state index contributed by atoms with van der Waals surface area (Å²) in [5.41, 5.74) is 1.66. The first-order chi connectivity index (χ1) is 12.8. The van der Waals surface area contributed by atoms with Gasteiger partial charge in [0.25, 0.3) is 5.91 Å². The zero-order chi connectivity index (χ0) is 17.8. The molecule has 5 heteroatoms. The van der Waals surface area contributed by atoms with Gasteiger partial charge in [-0.05, 0) is 56.4 Å². The van der Waals surface area contributed by atoms with E-state index in [-0.39, 0.29) is 12.0 Å². The summed E-state index contributed by atoms with van der Waals surface area (Å²) in [5, 5.41) is 0. The van der Waals surface area contributed by atoms with Crippen LogP contribution in [0.25, 0.3) is 0 Å². The van der Waals surface area contributed by atoms with Gasteiger partial charge in [0.05, 0.1) is 5.56 Å². The molecule has 26 heavy (non-hydrogen) atoms. The fraction of sp³-hybridized carbons (Fsp3) is 0.429. The lowest BCUT2D eigenvalue weighted by atomic mass is 10.1. The third-order valence-electron chi connectivity index (χ3n) is 5.00. The molecule has 1 amide bonds. The molecule has 3 heterocycles. The van der Waals surface area contributed by atoms with E-state index in [4.69, 9.17) is 9.47 Å². The number of carbonyl (C=O) groups is 1. The summed E-state index contributed by atoms with van der Waals surface area (Å²) >= 11 is 0. The van der Waals surface area contributed by atoms with E-state index in [0.29, 0.717) is 12.2 Å². The number of pyridine rings is 1. The highest BCUT2D eigenvalue weighted by molar-refractivity contribution is 5.93. The molecule has 1 fully saturated rings. The van der Waals surface area contributed by atoms with Crippen molar-refractivity contribution in [3.05, 3.63) is 53.9 Å². The number of benzene rings is 1. The third kappa shape index (κ3) is 3.82. The number of piperidine rings is 1. The lowest BCUT2D eigenvalue weighted by molar-refractivity contribution is 0.0723. The summed E-state index contributed by atoms with van der Waals surface area (Å²) in [6.07, 6.45) is 6.79. The number of aromatic nitrogens is 1. The van der Waals surface area contributed by atoms with Crippen molar-refractivity contribution in [2.45, 2.75) is 38.2 Å². The minimum atomic E-state index is 0.0290. The maximum atomic E-state index is 12.5. The molecule has 1 saturated heterocycles. The van der Waals surface area contributed by atoms with Crippen LogP contribution in [0.4, 0.5) is 0 Å². The molecule has 0 N–H and O–H groups in total. The number of hydrogen-bond acceptors (Lipinski definition) is 4. The molecule has 0 spiro atoms. The molecule has 2 aromatic rings. The number of carbonyl (C=O) groups excluding carboxylic acids is 1. The molecule has 0 aliphatic carbocycles. The standard InChI is InChI=1S/C21H24N2O3/c24-21(23-12-4-1-5-13-23)16-8-9-17(22-14-16)10-11-18-15-25-19-6-2-3-7-20(19)26-18/h2-3,6-9,14,18H,1,4-5,10-13,15H2/t18-/m1/s1. The topological polar surface area (TPSA) is 51.7 Å². The number of rotatable bonds is 4. The molecule has 136 valence electrons. The highest BCUT2D eigenvalue weighted by Gasteiger charge is 2.21. The average Bonchev–Trinajstić information content (AvgIpc) is 2.72. The molecule has 1 atom stereocenters. The van der Waals surface area contributed by atoms with Crippen LogP contribution in [0.2, 0.25) is 0 Å². The number of hydrogen-bond donors (Lipinski definition) is 0. The molecule has 1 aromatic heterocycles. The van der Waals surface area contributed by atoms with Crippen molar-refractivity contribution < 1.29 is 14.3 Å². The normalized spacial score (nSPS) is 19.2. The van der Waals surface area contributed by atoms with Crippen molar-refractivity contribution in [3.63, 3.8) is 0 Å². The summed E-state index contributed by atoms with van der Waals surface area (Å²) in [7, 11) is 0. The molecule has 4 rings (SSSR count). The van der Waals surface area contributed by atoms with E-state index in [1.54, 1.807) is 6.20 Å². The van der Waals surface area contributed by atoms with Gasteiger partial charge in [-0.3, -0.25) is 9.78 Å². The SMILES string of the molecule is O=C(c1ccc(CC[C@@H]2COc3ccccc3O2)nc1)N1CCCCC1. The average molecular weight is 352 g/mol. The van der Waals surface area contributed by atoms with Crippen molar-refractivity contribution in [2.75, 3.05) is 19.7 Å². The number of ether oxygens (including phenoxy) is 2. The Hall–Kier alpha value is -2.56. The van der Waals surface area contributed by atoms with Crippen molar-refractivity contribution in [1.82, 2.24) is 9.88 Å². The Balaban J connectivity index is 1.31. The minimum Gasteiger partial charge on any atom is -0.486 e. The van der Waals surface area contributed by atoms with E-state index in [1.807, 2.05) is 41.3 Å². The lowest BCUT2D eigenvalue weighted by Crippen LogP contribution is -2.35. The molecule has 1 aromatic carbocycles. The Bertz CT molecular complexity index is 754. The number of aryl methyl sites for hydroxylation is 1. The first kappa shape index (κ1) is 16.9. The van der Waals surface area contributed by atoms with Crippen molar-refractivity contribution >= 4 is 5.91 Å². The zero-order valence-electron chi connectivity index (χ0n) is 14.9. The second-order valence-electron chi connectivity index (χ2n) is 6.93. The van der Waals surface area contributed by atoms with Gasteiger partial charge in [0.1, 0.15) is 12.7 Å². The van der Waals surface area contributed by atoms with Crippen LogP contribution < -0.4 is 9.47 Å². The molecule has 0 bridgehead atoms. The molecular formula is C21H24N2O3. The number of likely N-dealkylation sites (tertiary alicyclic amines) is 1. The second kappa shape index (κ2) is 7.77. The second-order valence-corrected chi connectivity index (χ2v) is 6.93. The van der Waals surface area contributed by atoms with Crippen LogP contribution in [0, 0.1) is 0 Å². The van der Waals surface area contributed by atoms with Gasteiger partial charge in [-0.1, -0.05) is 12.1 Å². The maximum absolute atomic E-state index is 12.5. The minimum absolute atomic E-state index is 0.0290. The van der Waals surface area contributed by atoms with Crippen LogP contribution in [0.3, 0.4) is 0 Å². The Morgan fingerprint density at radius 2 is 1.88 bits per heavy atom. The highest BCUT2D eigenvalue weighted by Crippen LogP contribution is 2.31. The maximum Gasteiger partial charge on any atom is 0.255 e. The van der Waals surface area contributed by atoms with Crippen molar-refractivity contribution in [2.24, 2.45) is 0 Å². The number of para-hydroxylation sites is 2. The van der Waals surface area contributed by atoms with Gasteiger partial charge in [-0.25, -0.2) is 0 Å². The van der Waals surface area contributed by atoms with Gasteiger partial charge in [-0.2, -0.15) is 0 Å². The molecule has 0 saturated carbocycles. The highest BCUT2D eigenvalue weighted by atomic mass is 16.6. The van der Waals surface area contributed by atoms with E-state index >= 15 is 0 Å². The van der Waals surface area contributed by atoms with Gasteiger partial charge < -0.3 is 14.4 Å². The lowest BCUT2D eigenvalue weighted by Gasteiger charge is -2.27. The van der Waals surface area contributed by atoms with E-state index in [0.717, 1.165) is 56.0 Å². The largest absolute Gasteiger partial charge is 0.486 e. The van der Waals surface area contributed by atoms with Crippen molar-refractivity contribution in [1.29, 1.82) is 0 Å². The van der Waals surface area contributed by atoms with Crippen LogP contribution in [-0.2, 0) is 6.42 Å². The first-order valence-corrected chi connectivity index (χ1v) is 9.42. The quantitative estimate of drug-likeness (QED) is 0.845. The van der Waals surface area contributed by atoms with Gasteiger partial charge in [0.2, 0.25) is 0 Å². The number of amides is 1. The van der Waals surface area contributed by atoms with E-state index in [9.17, 15) is 4.79 Å². The zero-order valence-corrected chi connectivity index (χ0v) is 14.9. The summed E-state index contributed by atoms with van der Waals surface area (Å²) in [5.74, 6) is 1.71. The fourth-order valence-electron chi connectivity index (χ4n) is 3.49. The van der Waals surface area contributed by atoms with Crippen LogP contribution in [0.15, 0.2) is 42.6 Å². The molecular weight excluding hydrogens is 328 g/mol. The molecule has 0 unspecified atom stereocenters. The van der Waals surface area contributed by atoms with Crippen LogP contribution >= 0.6 is 0 Å². The molecule has 0 radical (unpaired) electrons. The number of nitrogens with zero attached hydrogens (tertiary/aromatic N) is 2. The van der Waals surface area contributed by atoms with Crippen molar-refractivity contribution in [3.8, 4) is 11.5 Å². The van der Waals surface area contributed by atoms with E-state index in [2.05, 4.69) is 4.98 Å². The fourth-order valence-corrected chi connectivity index (χ4v) is 3.49. The summed E-state index contributed by atoms with van der Waals surface area (Å²) in [6, 6.07) is 11.6. The first-order valence-electron chi connectivity index (χ1n) is 9.42. The predicted molar refractivity (Wildman–Crippen MR) is 98.7 cm³/mol. The molecule has 2 aliphatic rings. The summed E-state index contributed by atoms with van der Waals surface area (Å²) in [4.78, 5) is 18.9. The smallest absolute Gasteiger partial charge is 0.255 e. The van der Waals surface area contributed by atoms with Gasteiger partial charge in [-0.15, -0.1) is 0 Å². The van der Waals surface area contributed by atoms with Gasteiger partial charge in [0.15, 0.2) is 11.5 Å². The number of fused-ring (bicyclic) bond motifs is 1.